The first-order valence-electron chi connectivity index (χ1n) is 13.7. The van der Waals surface area contributed by atoms with E-state index in [1.54, 1.807) is 0 Å². The van der Waals surface area contributed by atoms with Crippen LogP contribution in [0.15, 0.2) is 121 Å². The van der Waals surface area contributed by atoms with Gasteiger partial charge in [0, 0.05) is 26.2 Å². The van der Waals surface area contributed by atoms with Crippen molar-refractivity contribution in [2.45, 2.75) is 26.2 Å². The van der Waals surface area contributed by atoms with Gasteiger partial charge in [-0.05, 0) is 45.5 Å². The van der Waals surface area contributed by atoms with Crippen LogP contribution in [0.25, 0.3) is 11.0 Å². The van der Waals surface area contributed by atoms with E-state index in [1.165, 1.54) is 0 Å². The van der Waals surface area contributed by atoms with Crippen molar-refractivity contribution in [2.24, 2.45) is 0 Å². The predicted molar refractivity (Wildman–Crippen MR) is 171 cm³/mol. The van der Waals surface area contributed by atoms with E-state index in [1.807, 2.05) is 72.8 Å². The molecule has 8 heteroatoms. The molecule has 6 rings (SSSR count). The number of rotatable bonds is 10. The van der Waals surface area contributed by atoms with Crippen LogP contribution in [-0.2, 0) is 26.2 Å². The Kier molecular flexibility index (Phi) is 8.54. The van der Waals surface area contributed by atoms with Gasteiger partial charge >= 0.3 is 0 Å². The molecule has 42 heavy (non-hydrogen) atoms. The normalized spacial score (nSPS) is 11.0. The Morgan fingerprint density at radius 3 is 0.905 bits per heavy atom. The Morgan fingerprint density at radius 1 is 0.381 bits per heavy atom. The van der Waals surface area contributed by atoms with Crippen molar-refractivity contribution in [1.29, 1.82) is 0 Å². The summed E-state index contributed by atoms with van der Waals surface area (Å²) in [7, 11) is 0. The first kappa shape index (κ1) is 27.6. The summed E-state index contributed by atoms with van der Waals surface area (Å²) in [6, 6.07) is 41.0. The van der Waals surface area contributed by atoms with E-state index < -0.39 is 0 Å². The Hall–Kier alpha value is -4.52. The summed E-state index contributed by atoms with van der Waals surface area (Å²) in [5.74, 6) is 1.20. The summed E-state index contributed by atoms with van der Waals surface area (Å²) in [6.07, 6.45) is 0. The van der Waals surface area contributed by atoms with Crippen molar-refractivity contribution in [2.75, 3.05) is 9.80 Å². The van der Waals surface area contributed by atoms with E-state index in [4.69, 9.17) is 33.2 Å². The number of hydrogen-bond donors (Lipinski definition) is 0. The van der Waals surface area contributed by atoms with Crippen molar-refractivity contribution in [3.05, 3.63) is 154 Å². The molecule has 0 amide bonds. The standard InChI is InChI=1S/C34H28Cl2N6/c35-33-38-30-29(31(39-33)41(21-25-13-5-1-6-14-25)22-26-15-7-2-8-16-26)37-34(36)40-32(30)42(23-27-17-9-3-10-18-27)24-28-19-11-4-12-20-28/h1-20H,21-24H2. The Morgan fingerprint density at radius 2 is 0.643 bits per heavy atom. The number of anilines is 2. The molecule has 0 N–H and O–H groups in total. The lowest BCUT2D eigenvalue weighted by Gasteiger charge is -2.27. The number of halogens is 2. The number of nitrogens with zero attached hydrogens (tertiary/aromatic N) is 6. The quantitative estimate of drug-likeness (QED) is 0.150. The molecule has 0 aliphatic carbocycles. The summed E-state index contributed by atoms with van der Waals surface area (Å²) in [5.41, 5.74) is 5.62. The van der Waals surface area contributed by atoms with E-state index in [2.05, 4.69) is 68.3 Å². The van der Waals surface area contributed by atoms with Gasteiger partial charge in [-0.25, -0.2) is 9.97 Å². The summed E-state index contributed by atoms with van der Waals surface area (Å²) in [6.45, 7) is 2.36. The van der Waals surface area contributed by atoms with Gasteiger partial charge in [-0.3, -0.25) is 0 Å². The first-order chi connectivity index (χ1) is 20.6. The van der Waals surface area contributed by atoms with Crippen LogP contribution in [0.2, 0.25) is 10.6 Å². The highest BCUT2D eigenvalue weighted by molar-refractivity contribution is 6.30. The van der Waals surface area contributed by atoms with E-state index in [0.29, 0.717) is 48.8 Å². The number of hydrogen-bond acceptors (Lipinski definition) is 6. The average molecular weight is 592 g/mol. The Labute approximate surface area is 255 Å². The van der Waals surface area contributed by atoms with E-state index in [-0.39, 0.29) is 10.6 Å². The van der Waals surface area contributed by atoms with Gasteiger partial charge in [0.05, 0.1) is 0 Å². The summed E-state index contributed by atoms with van der Waals surface area (Å²) < 4.78 is 0. The molecule has 0 unspecified atom stereocenters. The fourth-order valence-electron chi connectivity index (χ4n) is 5.00. The van der Waals surface area contributed by atoms with Crippen molar-refractivity contribution in [3.8, 4) is 0 Å². The lowest BCUT2D eigenvalue weighted by atomic mass is 10.1. The minimum absolute atomic E-state index is 0.121. The van der Waals surface area contributed by atoms with Crippen molar-refractivity contribution < 1.29 is 0 Å². The van der Waals surface area contributed by atoms with Gasteiger partial charge in [0.15, 0.2) is 11.6 Å². The zero-order valence-corrected chi connectivity index (χ0v) is 24.3. The molecule has 0 saturated heterocycles. The molecule has 0 bridgehead atoms. The monoisotopic (exact) mass is 590 g/mol. The van der Waals surface area contributed by atoms with Gasteiger partial charge in [0.25, 0.3) is 0 Å². The third-order valence-electron chi connectivity index (χ3n) is 6.92. The van der Waals surface area contributed by atoms with E-state index in [9.17, 15) is 0 Å². The molecule has 2 aromatic heterocycles. The highest BCUT2D eigenvalue weighted by Crippen LogP contribution is 2.33. The van der Waals surface area contributed by atoms with Gasteiger partial charge in [0.2, 0.25) is 10.6 Å². The van der Waals surface area contributed by atoms with Gasteiger partial charge in [-0.1, -0.05) is 121 Å². The molecule has 6 nitrogen and oxygen atoms in total. The first-order valence-corrected chi connectivity index (χ1v) is 14.4. The molecule has 0 fully saturated rings. The highest BCUT2D eigenvalue weighted by Gasteiger charge is 2.23. The maximum Gasteiger partial charge on any atom is 0.225 e. The maximum absolute atomic E-state index is 6.65. The summed E-state index contributed by atoms with van der Waals surface area (Å²) >= 11 is 13.3. The summed E-state index contributed by atoms with van der Waals surface area (Å²) in [4.78, 5) is 23.1. The molecule has 0 aliphatic rings. The van der Waals surface area contributed by atoms with Crippen LogP contribution in [0.1, 0.15) is 22.3 Å². The van der Waals surface area contributed by atoms with E-state index in [0.717, 1.165) is 22.3 Å². The summed E-state index contributed by atoms with van der Waals surface area (Å²) in [5, 5.41) is 0.241. The zero-order valence-electron chi connectivity index (χ0n) is 22.8. The van der Waals surface area contributed by atoms with Crippen molar-refractivity contribution >= 4 is 45.9 Å². The van der Waals surface area contributed by atoms with Gasteiger partial charge in [-0.15, -0.1) is 0 Å². The Balaban J connectivity index is 1.49. The van der Waals surface area contributed by atoms with Crippen LogP contribution in [0.3, 0.4) is 0 Å². The number of aromatic nitrogens is 4. The van der Waals surface area contributed by atoms with Crippen LogP contribution in [0, 0.1) is 0 Å². The second-order valence-electron chi connectivity index (χ2n) is 9.98. The molecule has 0 atom stereocenters. The fraction of sp³-hybridized carbons (Fsp3) is 0.118. The molecule has 2 heterocycles. The molecule has 208 valence electrons. The number of benzene rings is 4. The maximum atomic E-state index is 6.65. The molecule has 4 aromatic carbocycles. The van der Waals surface area contributed by atoms with Crippen LogP contribution in [0.5, 0.6) is 0 Å². The Bertz CT molecular complexity index is 1540. The van der Waals surface area contributed by atoms with Crippen LogP contribution < -0.4 is 9.80 Å². The van der Waals surface area contributed by atoms with Crippen LogP contribution in [-0.4, -0.2) is 19.9 Å². The van der Waals surface area contributed by atoms with Crippen molar-refractivity contribution in [3.63, 3.8) is 0 Å². The third kappa shape index (κ3) is 6.68. The minimum atomic E-state index is 0.121. The molecular weight excluding hydrogens is 563 g/mol. The van der Waals surface area contributed by atoms with Crippen molar-refractivity contribution in [1.82, 2.24) is 19.9 Å². The second-order valence-corrected chi connectivity index (χ2v) is 10.7. The molecule has 0 spiro atoms. The van der Waals surface area contributed by atoms with Crippen LogP contribution >= 0.6 is 23.2 Å². The van der Waals surface area contributed by atoms with Crippen LogP contribution in [0.4, 0.5) is 11.6 Å². The van der Waals surface area contributed by atoms with Gasteiger partial charge in [0.1, 0.15) is 11.0 Å². The largest absolute Gasteiger partial charge is 0.346 e. The van der Waals surface area contributed by atoms with Gasteiger partial charge in [-0.2, -0.15) is 9.97 Å². The smallest absolute Gasteiger partial charge is 0.225 e. The lowest BCUT2D eigenvalue weighted by Crippen LogP contribution is -2.26. The minimum Gasteiger partial charge on any atom is -0.346 e. The van der Waals surface area contributed by atoms with Gasteiger partial charge < -0.3 is 9.80 Å². The molecule has 6 aromatic rings. The lowest BCUT2D eigenvalue weighted by molar-refractivity contribution is 0.776. The molecule has 0 aliphatic heterocycles. The third-order valence-corrected chi connectivity index (χ3v) is 7.25. The SMILES string of the molecule is Clc1nc(N(Cc2ccccc2)Cc2ccccc2)c2nc(Cl)nc(N(Cc3ccccc3)Cc3ccccc3)c2n1. The van der Waals surface area contributed by atoms with E-state index >= 15 is 0 Å². The zero-order chi connectivity index (χ0) is 28.7. The topological polar surface area (TPSA) is 58.0 Å². The highest BCUT2D eigenvalue weighted by atomic mass is 35.5. The second kappa shape index (κ2) is 13.0. The molecule has 0 radical (unpaired) electrons. The molecule has 0 saturated carbocycles. The number of fused-ring (bicyclic) bond motifs is 1. The fourth-order valence-corrected chi connectivity index (χ4v) is 5.33. The molecular formula is C34H28Cl2N6. The average Bonchev–Trinajstić information content (AvgIpc) is 3.02. The predicted octanol–water partition coefficient (Wildman–Crippen LogP) is 8.14.